The van der Waals surface area contributed by atoms with Gasteiger partial charge in [0.05, 0.1) is 7.11 Å². The molecule has 22 heavy (non-hydrogen) atoms. The molecule has 0 saturated carbocycles. The largest absolute Gasteiger partial charge is 0.466 e. The van der Waals surface area contributed by atoms with E-state index in [9.17, 15) is 4.79 Å². The second-order valence-electron chi connectivity index (χ2n) is 6.04. The van der Waals surface area contributed by atoms with Crippen LogP contribution in [0.25, 0.3) is 0 Å². The standard InChI is InChI=1S/C20H28O2/c1-15(8-6-9-16(2)14-20(21)22-5)12-13-19-17(3)10-7-11-18(19)4/h6,8-9,12-14,17H,7,10-11H2,1-5H3/b9-6+,13-12+,15-8+,16-14+. The summed E-state index contributed by atoms with van der Waals surface area (Å²) in [6, 6.07) is 0. The Hall–Kier alpha value is -1.83. The maximum atomic E-state index is 11.1. The summed E-state index contributed by atoms with van der Waals surface area (Å²) in [6.07, 6.45) is 15.7. The Morgan fingerprint density at radius 2 is 1.95 bits per heavy atom. The molecule has 1 aliphatic rings. The van der Waals surface area contributed by atoms with Crippen LogP contribution in [0.2, 0.25) is 0 Å². The molecule has 120 valence electrons. The van der Waals surface area contributed by atoms with Crippen molar-refractivity contribution in [3.63, 3.8) is 0 Å². The number of hydrogen-bond donors (Lipinski definition) is 0. The molecule has 0 spiro atoms. The molecule has 1 atom stereocenters. The molecule has 0 amide bonds. The van der Waals surface area contributed by atoms with Crippen molar-refractivity contribution in [2.75, 3.05) is 7.11 Å². The maximum Gasteiger partial charge on any atom is 0.330 e. The third kappa shape index (κ3) is 6.30. The Balaban J connectivity index is 2.68. The lowest BCUT2D eigenvalue weighted by atomic mass is 9.84. The molecule has 0 heterocycles. The van der Waals surface area contributed by atoms with Crippen LogP contribution >= 0.6 is 0 Å². The van der Waals surface area contributed by atoms with E-state index in [2.05, 4.69) is 43.7 Å². The normalized spacial score (nSPS) is 21.0. The highest BCUT2D eigenvalue weighted by molar-refractivity contribution is 5.83. The molecule has 0 aliphatic heterocycles. The van der Waals surface area contributed by atoms with Crippen molar-refractivity contribution in [2.24, 2.45) is 5.92 Å². The first kappa shape index (κ1) is 18.2. The van der Waals surface area contributed by atoms with Gasteiger partial charge in [-0.25, -0.2) is 4.79 Å². The third-order valence-corrected chi connectivity index (χ3v) is 4.00. The molecule has 2 nitrogen and oxygen atoms in total. The van der Waals surface area contributed by atoms with E-state index in [0.717, 1.165) is 5.57 Å². The van der Waals surface area contributed by atoms with Crippen molar-refractivity contribution in [1.82, 2.24) is 0 Å². The van der Waals surface area contributed by atoms with Gasteiger partial charge in [0.1, 0.15) is 0 Å². The summed E-state index contributed by atoms with van der Waals surface area (Å²) in [4.78, 5) is 11.1. The number of methoxy groups -OCH3 is 1. The van der Waals surface area contributed by atoms with Crippen LogP contribution in [0, 0.1) is 5.92 Å². The first-order valence-corrected chi connectivity index (χ1v) is 7.93. The van der Waals surface area contributed by atoms with Crippen LogP contribution in [-0.2, 0) is 9.53 Å². The number of hydrogen-bond acceptors (Lipinski definition) is 2. The number of carbonyl (C=O) groups excluding carboxylic acids is 1. The summed E-state index contributed by atoms with van der Waals surface area (Å²) in [6.45, 7) is 8.52. The van der Waals surface area contributed by atoms with Gasteiger partial charge in [-0.2, -0.15) is 0 Å². The van der Waals surface area contributed by atoms with Crippen molar-refractivity contribution < 1.29 is 9.53 Å². The highest BCUT2D eigenvalue weighted by atomic mass is 16.5. The fourth-order valence-corrected chi connectivity index (χ4v) is 2.62. The summed E-state index contributed by atoms with van der Waals surface area (Å²) in [5.41, 5.74) is 5.08. The van der Waals surface area contributed by atoms with Gasteiger partial charge in [0.25, 0.3) is 0 Å². The average molecular weight is 300 g/mol. The van der Waals surface area contributed by atoms with Crippen LogP contribution in [0.5, 0.6) is 0 Å². The van der Waals surface area contributed by atoms with Gasteiger partial charge >= 0.3 is 5.97 Å². The predicted octanol–water partition coefficient (Wildman–Crippen LogP) is 5.30. The number of allylic oxidation sites excluding steroid dienone is 9. The van der Waals surface area contributed by atoms with Gasteiger partial charge in [-0.15, -0.1) is 0 Å². The van der Waals surface area contributed by atoms with E-state index in [-0.39, 0.29) is 5.97 Å². The molecule has 1 rings (SSSR count). The molecule has 0 aromatic heterocycles. The van der Waals surface area contributed by atoms with E-state index < -0.39 is 0 Å². The molecule has 0 radical (unpaired) electrons. The van der Waals surface area contributed by atoms with Crippen molar-refractivity contribution >= 4 is 5.97 Å². The Labute approximate surface area is 134 Å². The van der Waals surface area contributed by atoms with E-state index in [1.165, 1.54) is 49.2 Å². The van der Waals surface area contributed by atoms with Gasteiger partial charge in [0.2, 0.25) is 0 Å². The molecule has 2 heteroatoms. The minimum atomic E-state index is -0.323. The maximum absolute atomic E-state index is 11.1. The highest BCUT2D eigenvalue weighted by Gasteiger charge is 2.14. The summed E-state index contributed by atoms with van der Waals surface area (Å²) >= 11 is 0. The number of carbonyl (C=O) groups is 1. The van der Waals surface area contributed by atoms with E-state index in [1.54, 1.807) is 0 Å². The fourth-order valence-electron chi connectivity index (χ4n) is 2.62. The van der Waals surface area contributed by atoms with E-state index >= 15 is 0 Å². The zero-order chi connectivity index (χ0) is 16.5. The summed E-state index contributed by atoms with van der Waals surface area (Å²) in [5, 5.41) is 0. The quantitative estimate of drug-likeness (QED) is 0.391. The zero-order valence-electron chi connectivity index (χ0n) is 14.5. The number of ether oxygens (including phenoxy) is 1. The fraction of sp³-hybridized carbons (Fsp3) is 0.450. The van der Waals surface area contributed by atoms with Gasteiger partial charge in [-0.3, -0.25) is 0 Å². The number of rotatable bonds is 5. The lowest BCUT2D eigenvalue weighted by Gasteiger charge is -2.22. The SMILES string of the molecule is COC(=O)/C=C(C)/C=C/C=C(C)/C=C/C1=C(C)CCCC1C. The minimum absolute atomic E-state index is 0.323. The smallest absolute Gasteiger partial charge is 0.330 e. The van der Waals surface area contributed by atoms with Gasteiger partial charge < -0.3 is 4.74 Å². The van der Waals surface area contributed by atoms with Crippen LogP contribution in [-0.4, -0.2) is 13.1 Å². The topological polar surface area (TPSA) is 26.3 Å². The van der Waals surface area contributed by atoms with Gasteiger partial charge in [-0.1, -0.05) is 48.5 Å². The first-order chi connectivity index (χ1) is 10.4. The molecule has 0 N–H and O–H groups in total. The minimum Gasteiger partial charge on any atom is -0.466 e. The average Bonchev–Trinajstić information content (AvgIpc) is 2.46. The zero-order valence-corrected chi connectivity index (χ0v) is 14.5. The van der Waals surface area contributed by atoms with Crippen LogP contribution in [0.4, 0.5) is 0 Å². The van der Waals surface area contributed by atoms with Gasteiger partial charge in [0.15, 0.2) is 0 Å². The summed E-state index contributed by atoms with van der Waals surface area (Å²) in [7, 11) is 1.38. The molecule has 0 saturated heterocycles. The summed E-state index contributed by atoms with van der Waals surface area (Å²) < 4.78 is 4.59. The number of esters is 1. The molecule has 0 aromatic rings. The Bertz CT molecular complexity index is 542. The molecule has 0 aromatic carbocycles. The van der Waals surface area contributed by atoms with Gasteiger partial charge in [-0.05, 0) is 57.1 Å². The van der Waals surface area contributed by atoms with Crippen LogP contribution in [0.1, 0.15) is 47.0 Å². The molecular weight excluding hydrogens is 272 g/mol. The Kier molecular flexibility index (Phi) is 7.65. The lowest BCUT2D eigenvalue weighted by molar-refractivity contribution is -0.134. The highest BCUT2D eigenvalue weighted by Crippen LogP contribution is 2.30. The Morgan fingerprint density at radius 3 is 2.59 bits per heavy atom. The van der Waals surface area contributed by atoms with Gasteiger partial charge in [0, 0.05) is 6.08 Å². The van der Waals surface area contributed by atoms with Crippen molar-refractivity contribution in [2.45, 2.75) is 47.0 Å². The molecule has 0 bridgehead atoms. The van der Waals surface area contributed by atoms with Crippen LogP contribution in [0.15, 0.2) is 58.7 Å². The van der Waals surface area contributed by atoms with Crippen LogP contribution < -0.4 is 0 Å². The predicted molar refractivity (Wildman–Crippen MR) is 93.5 cm³/mol. The first-order valence-electron chi connectivity index (χ1n) is 7.93. The Morgan fingerprint density at radius 1 is 1.23 bits per heavy atom. The van der Waals surface area contributed by atoms with Crippen molar-refractivity contribution in [3.8, 4) is 0 Å². The second kappa shape index (κ2) is 9.24. The molecule has 1 unspecified atom stereocenters. The second-order valence-corrected chi connectivity index (χ2v) is 6.04. The van der Waals surface area contributed by atoms with Crippen molar-refractivity contribution in [3.05, 3.63) is 58.7 Å². The molecular formula is C20H28O2. The lowest BCUT2D eigenvalue weighted by Crippen LogP contribution is -2.06. The summed E-state index contributed by atoms with van der Waals surface area (Å²) in [5.74, 6) is 0.343. The molecule has 1 aliphatic carbocycles. The van der Waals surface area contributed by atoms with E-state index in [4.69, 9.17) is 0 Å². The van der Waals surface area contributed by atoms with E-state index in [1.807, 2.05) is 19.1 Å². The monoisotopic (exact) mass is 300 g/mol. The van der Waals surface area contributed by atoms with Crippen molar-refractivity contribution in [1.29, 1.82) is 0 Å². The molecule has 0 fully saturated rings. The third-order valence-electron chi connectivity index (χ3n) is 4.00. The van der Waals surface area contributed by atoms with E-state index in [0.29, 0.717) is 5.92 Å². The van der Waals surface area contributed by atoms with Crippen LogP contribution in [0.3, 0.4) is 0 Å².